The summed E-state index contributed by atoms with van der Waals surface area (Å²) >= 11 is 1.72. The summed E-state index contributed by atoms with van der Waals surface area (Å²) in [5, 5.41) is 13.5. The van der Waals surface area contributed by atoms with E-state index in [0.717, 1.165) is 30.6 Å². The summed E-state index contributed by atoms with van der Waals surface area (Å²) in [4.78, 5) is 1.21. The van der Waals surface area contributed by atoms with Gasteiger partial charge in [0, 0.05) is 22.9 Å². The lowest BCUT2D eigenvalue weighted by atomic mass is 9.95. The summed E-state index contributed by atoms with van der Waals surface area (Å²) in [5.41, 5.74) is 2.13. The molecule has 2 nitrogen and oxygen atoms in total. The van der Waals surface area contributed by atoms with E-state index in [0.29, 0.717) is 11.7 Å². The van der Waals surface area contributed by atoms with E-state index in [2.05, 4.69) is 17.6 Å². The zero-order chi connectivity index (χ0) is 10.8. The number of aryl methyl sites for hydroxylation is 1. The fraction of sp³-hybridized carbons (Fsp3) is 0.500. The van der Waals surface area contributed by atoms with E-state index in [1.807, 2.05) is 13.0 Å². The van der Waals surface area contributed by atoms with Gasteiger partial charge in [0.05, 0.1) is 0 Å². The van der Waals surface area contributed by atoms with Crippen molar-refractivity contribution in [1.82, 2.24) is 5.32 Å². The zero-order valence-electron chi connectivity index (χ0n) is 9.21. The molecular weight excluding hydrogens is 206 g/mol. The highest BCUT2D eigenvalue weighted by molar-refractivity contribution is 7.98. The summed E-state index contributed by atoms with van der Waals surface area (Å²) in [6.45, 7) is 4.02. The molecule has 1 aromatic rings. The maximum absolute atomic E-state index is 10.1. The number of thioether (sulfide) groups is 1. The van der Waals surface area contributed by atoms with Crippen LogP contribution in [0.2, 0.25) is 0 Å². The quantitative estimate of drug-likeness (QED) is 0.756. The zero-order valence-corrected chi connectivity index (χ0v) is 10.0. The van der Waals surface area contributed by atoms with Gasteiger partial charge in [-0.05, 0) is 37.8 Å². The summed E-state index contributed by atoms with van der Waals surface area (Å²) < 4.78 is 0. The van der Waals surface area contributed by atoms with Crippen molar-refractivity contribution in [2.75, 3.05) is 19.3 Å². The van der Waals surface area contributed by atoms with E-state index in [1.165, 1.54) is 4.90 Å². The van der Waals surface area contributed by atoms with Crippen LogP contribution >= 0.6 is 11.8 Å². The maximum Gasteiger partial charge on any atom is 0.123 e. The van der Waals surface area contributed by atoms with E-state index in [4.69, 9.17) is 0 Å². The van der Waals surface area contributed by atoms with Gasteiger partial charge in [-0.2, -0.15) is 0 Å². The van der Waals surface area contributed by atoms with Gasteiger partial charge in [-0.1, -0.05) is 6.07 Å². The van der Waals surface area contributed by atoms with Gasteiger partial charge in [0.1, 0.15) is 5.75 Å². The molecule has 1 unspecified atom stereocenters. The Balaban J connectivity index is 2.45. The van der Waals surface area contributed by atoms with E-state index in [-0.39, 0.29) is 0 Å². The summed E-state index contributed by atoms with van der Waals surface area (Å²) in [6.07, 6.45) is 3.20. The van der Waals surface area contributed by atoms with Crippen LogP contribution < -0.4 is 5.32 Å². The highest BCUT2D eigenvalue weighted by Crippen LogP contribution is 2.38. The monoisotopic (exact) mass is 223 g/mol. The lowest BCUT2D eigenvalue weighted by molar-refractivity contribution is 0.455. The molecular formula is C12H17NOS. The molecule has 0 bridgehead atoms. The van der Waals surface area contributed by atoms with Gasteiger partial charge < -0.3 is 10.4 Å². The van der Waals surface area contributed by atoms with Crippen molar-refractivity contribution in [3.8, 4) is 5.75 Å². The minimum absolute atomic E-state index is 0.479. The van der Waals surface area contributed by atoms with Crippen LogP contribution in [0.1, 0.15) is 23.5 Å². The Labute approximate surface area is 95.1 Å². The molecule has 1 aliphatic rings. The molecule has 1 aliphatic heterocycles. The fourth-order valence-electron chi connectivity index (χ4n) is 2.17. The first kappa shape index (κ1) is 10.8. The van der Waals surface area contributed by atoms with Crippen LogP contribution in [0.25, 0.3) is 0 Å². The largest absolute Gasteiger partial charge is 0.507 e. The predicted molar refractivity (Wildman–Crippen MR) is 64.9 cm³/mol. The number of aromatic hydroxyl groups is 1. The molecule has 0 spiro atoms. The van der Waals surface area contributed by atoms with Crippen molar-refractivity contribution in [1.29, 1.82) is 0 Å². The number of nitrogens with one attached hydrogen (secondary N) is 1. The van der Waals surface area contributed by atoms with Gasteiger partial charge in [0.2, 0.25) is 0 Å². The Kier molecular flexibility index (Phi) is 3.22. The number of phenols is 1. The molecule has 1 heterocycles. The fourth-order valence-corrected chi connectivity index (χ4v) is 2.86. The molecule has 2 rings (SSSR count). The van der Waals surface area contributed by atoms with Gasteiger partial charge in [0.25, 0.3) is 0 Å². The number of phenolic OH excluding ortho intramolecular Hbond substituents is 1. The van der Waals surface area contributed by atoms with Crippen molar-refractivity contribution in [3.05, 3.63) is 23.3 Å². The van der Waals surface area contributed by atoms with Crippen molar-refractivity contribution < 1.29 is 5.11 Å². The maximum atomic E-state index is 10.1. The lowest BCUT2D eigenvalue weighted by Crippen LogP contribution is -2.09. The highest BCUT2D eigenvalue weighted by Gasteiger charge is 2.23. The van der Waals surface area contributed by atoms with E-state index in [1.54, 1.807) is 11.8 Å². The minimum Gasteiger partial charge on any atom is -0.507 e. The van der Waals surface area contributed by atoms with Gasteiger partial charge in [-0.15, -0.1) is 11.8 Å². The molecule has 1 atom stereocenters. The average Bonchev–Trinajstić information content (AvgIpc) is 2.75. The Hall–Kier alpha value is -0.670. The molecule has 0 radical (unpaired) electrons. The van der Waals surface area contributed by atoms with Crippen LogP contribution in [0.4, 0.5) is 0 Å². The Morgan fingerprint density at radius 3 is 2.87 bits per heavy atom. The van der Waals surface area contributed by atoms with Crippen LogP contribution in [0, 0.1) is 6.92 Å². The van der Waals surface area contributed by atoms with Gasteiger partial charge in [0.15, 0.2) is 0 Å². The highest BCUT2D eigenvalue weighted by atomic mass is 32.2. The van der Waals surface area contributed by atoms with Crippen LogP contribution in [-0.2, 0) is 0 Å². The first-order chi connectivity index (χ1) is 7.24. The number of rotatable bonds is 2. The number of benzene rings is 1. The average molecular weight is 223 g/mol. The normalized spacial score (nSPS) is 20.8. The second-order valence-electron chi connectivity index (χ2n) is 4.04. The smallest absolute Gasteiger partial charge is 0.123 e. The molecule has 3 heteroatoms. The number of hydrogen-bond donors (Lipinski definition) is 2. The molecule has 1 aromatic carbocycles. The van der Waals surface area contributed by atoms with Crippen molar-refractivity contribution >= 4 is 11.8 Å². The third kappa shape index (κ3) is 1.99. The van der Waals surface area contributed by atoms with Crippen molar-refractivity contribution in [2.45, 2.75) is 24.2 Å². The van der Waals surface area contributed by atoms with Crippen LogP contribution in [-0.4, -0.2) is 24.5 Å². The topological polar surface area (TPSA) is 32.3 Å². The summed E-state index contributed by atoms with van der Waals surface area (Å²) in [5.74, 6) is 0.975. The second-order valence-corrected chi connectivity index (χ2v) is 4.88. The molecule has 82 valence electrons. The molecule has 1 fully saturated rings. The predicted octanol–water partition coefficient (Wildman–Crippen LogP) is 2.50. The number of hydrogen-bond acceptors (Lipinski definition) is 3. The third-order valence-electron chi connectivity index (χ3n) is 3.07. The second kappa shape index (κ2) is 4.45. The van der Waals surface area contributed by atoms with E-state index >= 15 is 0 Å². The van der Waals surface area contributed by atoms with E-state index in [9.17, 15) is 5.11 Å². The summed E-state index contributed by atoms with van der Waals surface area (Å²) in [7, 11) is 0. The van der Waals surface area contributed by atoms with Crippen molar-refractivity contribution in [2.24, 2.45) is 0 Å². The van der Waals surface area contributed by atoms with Crippen LogP contribution in [0.5, 0.6) is 5.75 Å². The van der Waals surface area contributed by atoms with Crippen LogP contribution in [0.15, 0.2) is 17.0 Å². The first-order valence-corrected chi connectivity index (χ1v) is 6.53. The molecule has 2 N–H and O–H groups in total. The standard InChI is InChI=1S/C12H17NOS/c1-8-3-4-10(15-2)11(12(8)14)9-5-6-13-7-9/h3-4,9,13-14H,5-7H2,1-2H3. The SMILES string of the molecule is CSc1ccc(C)c(O)c1C1CCNC1. The molecule has 0 aliphatic carbocycles. The molecule has 0 saturated carbocycles. The van der Waals surface area contributed by atoms with Gasteiger partial charge >= 0.3 is 0 Å². The lowest BCUT2D eigenvalue weighted by Gasteiger charge is -2.16. The first-order valence-electron chi connectivity index (χ1n) is 5.31. The molecule has 15 heavy (non-hydrogen) atoms. The van der Waals surface area contributed by atoms with E-state index < -0.39 is 0 Å². The Morgan fingerprint density at radius 1 is 1.47 bits per heavy atom. The Bertz CT molecular complexity index is 359. The summed E-state index contributed by atoms with van der Waals surface area (Å²) in [6, 6.07) is 4.11. The Morgan fingerprint density at radius 2 is 2.27 bits per heavy atom. The van der Waals surface area contributed by atoms with Crippen LogP contribution in [0.3, 0.4) is 0 Å². The van der Waals surface area contributed by atoms with Gasteiger partial charge in [-0.3, -0.25) is 0 Å². The van der Waals surface area contributed by atoms with Crippen molar-refractivity contribution in [3.63, 3.8) is 0 Å². The molecule has 1 saturated heterocycles. The minimum atomic E-state index is 0.479. The third-order valence-corrected chi connectivity index (χ3v) is 3.86. The van der Waals surface area contributed by atoms with Gasteiger partial charge in [-0.25, -0.2) is 0 Å². The molecule has 0 aromatic heterocycles. The molecule has 0 amide bonds.